The minimum Gasteiger partial charge on any atom is -0.376 e. The average molecular weight is 284 g/mol. The molecule has 0 saturated heterocycles. The van der Waals surface area contributed by atoms with E-state index in [2.05, 4.69) is 38.1 Å². The highest BCUT2D eigenvalue weighted by molar-refractivity contribution is 9.10. The summed E-state index contributed by atoms with van der Waals surface area (Å²) in [5.74, 6) is 0. The van der Waals surface area contributed by atoms with E-state index in [9.17, 15) is 0 Å². The minimum atomic E-state index is 0.258. The third-order valence-electron chi connectivity index (χ3n) is 1.97. The molecule has 2 rings (SSSR count). The first-order valence-corrected chi connectivity index (χ1v) is 6.18. The zero-order chi connectivity index (χ0) is 10.7. The molecule has 2 aromatic heterocycles. The van der Waals surface area contributed by atoms with Crippen LogP contribution in [-0.4, -0.2) is 9.97 Å². The average Bonchev–Trinajstić information content (AvgIpc) is 2.70. The number of hydrogen-bond donors (Lipinski definition) is 1. The second-order valence-corrected chi connectivity index (χ2v) is 5.00. The molecule has 2 aromatic rings. The third-order valence-corrected chi connectivity index (χ3v) is 3.36. The summed E-state index contributed by atoms with van der Waals surface area (Å²) in [6, 6.07) is 2.26. The molecule has 0 aromatic carbocycles. The molecule has 78 valence electrons. The quantitative estimate of drug-likeness (QED) is 0.937. The Balaban J connectivity index is 2.09. The van der Waals surface area contributed by atoms with Gasteiger partial charge in [0.15, 0.2) is 0 Å². The van der Waals surface area contributed by atoms with Crippen LogP contribution in [0.25, 0.3) is 0 Å². The Hall–Kier alpha value is -0.940. The molecule has 0 fully saturated rings. The Morgan fingerprint density at radius 3 is 2.87 bits per heavy atom. The number of anilines is 1. The maximum absolute atomic E-state index is 4.10. The lowest BCUT2D eigenvalue weighted by atomic mass is 10.3. The lowest BCUT2D eigenvalue weighted by Crippen LogP contribution is -2.04. The minimum absolute atomic E-state index is 0.258. The van der Waals surface area contributed by atoms with E-state index in [0.717, 1.165) is 10.2 Å². The van der Waals surface area contributed by atoms with Crippen LogP contribution in [0.2, 0.25) is 0 Å². The fourth-order valence-electron chi connectivity index (χ4n) is 1.25. The Morgan fingerprint density at radius 1 is 1.33 bits per heavy atom. The van der Waals surface area contributed by atoms with Gasteiger partial charge in [-0.1, -0.05) is 0 Å². The van der Waals surface area contributed by atoms with Crippen molar-refractivity contribution < 1.29 is 0 Å². The molecule has 0 aliphatic rings. The van der Waals surface area contributed by atoms with Gasteiger partial charge in [0.1, 0.15) is 0 Å². The van der Waals surface area contributed by atoms with Crippen LogP contribution in [0.15, 0.2) is 34.6 Å². The fourth-order valence-corrected chi connectivity index (χ4v) is 2.24. The van der Waals surface area contributed by atoms with Crippen LogP contribution in [0.5, 0.6) is 0 Å². The monoisotopic (exact) mass is 283 g/mol. The number of nitrogens with one attached hydrogen (secondary N) is 1. The fraction of sp³-hybridized carbons (Fsp3) is 0.200. The molecule has 0 spiro atoms. The highest BCUT2D eigenvalue weighted by atomic mass is 79.9. The smallest absolute Gasteiger partial charge is 0.0795 e. The van der Waals surface area contributed by atoms with Gasteiger partial charge in [-0.15, -0.1) is 11.3 Å². The van der Waals surface area contributed by atoms with Gasteiger partial charge in [-0.05, 0) is 28.9 Å². The van der Waals surface area contributed by atoms with E-state index in [1.807, 2.05) is 24.0 Å². The number of thiazole rings is 1. The predicted molar refractivity (Wildman–Crippen MR) is 66.1 cm³/mol. The molecule has 15 heavy (non-hydrogen) atoms. The number of pyridine rings is 1. The molecule has 2 heterocycles. The highest BCUT2D eigenvalue weighted by Gasteiger charge is 2.06. The van der Waals surface area contributed by atoms with Gasteiger partial charge < -0.3 is 5.32 Å². The predicted octanol–water partition coefficient (Wildman–Crippen LogP) is 3.47. The van der Waals surface area contributed by atoms with E-state index in [1.165, 1.54) is 4.88 Å². The number of rotatable bonds is 3. The summed E-state index contributed by atoms with van der Waals surface area (Å²) in [6.07, 6.45) is 5.46. The van der Waals surface area contributed by atoms with Crippen molar-refractivity contribution in [2.24, 2.45) is 0 Å². The summed E-state index contributed by atoms with van der Waals surface area (Å²) in [5, 5.41) is 3.36. The molecule has 0 amide bonds. The topological polar surface area (TPSA) is 37.8 Å². The van der Waals surface area contributed by atoms with Gasteiger partial charge in [-0.25, -0.2) is 0 Å². The maximum Gasteiger partial charge on any atom is 0.0795 e. The number of halogens is 1. The van der Waals surface area contributed by atoms with Crippen molar-refractivity contribution in [1.29, 1.82) is 0 Å². The molecule has 5 heteroatoms. The summed E-state index contributed by atoms with van der Waals surface area (Å²) in [6.45, 7) is 2.11. The van der Waals surface area contributed by atoms with Gasteiger partial charge in [0.05, 0.1) is 23.4 Å². The van der Waals surface area contributed by atoms with Gasteiger partial charge >= 0.3 is 0 Å². The zero-order valence-corrected chi connectivity index (χ0v) is 10.5. The molecule has 0 aliphatic carbocycles. The Kier molecular flexibility index (Phi) is 3.33. The zero-order valence-electron chi connectivity index (χ0n) is 8.14. The summed E-state index contributed by atoms with van der Waals surface area (Å²) in [5.41, 5.74) is 2.84. The number of nitrogens with zero attached hydrogens (tertiary/aromatic N) is 2. The molecule has 1 unspecified atom stereocenters. The normalized spacial score (nSPS) is 12.4. The van der Waals surface area contributed by atoms with E-state index in [-0.39, 0.29) is 6.04 Å². The van der Waals surface area contributed by atoms with Crippen molar-refractivity contribution in [3.8, 4) is 0 Å². The standard InChI is InChI=1S/C10H10BrN3S/c1-7(10-5-13-6-15-10)14-9-2-8(11)3-12-4-9/h2-7,14H,1H3. The largest absolute Gasteiger partial charge is 0.376 e. The second-order valence-electron chi connectivity index (χ2n) is 3.16. The molecular formula is C10H10BrN3S. The van der Waals surface area contributed by atoms with Crippen LogP contribution in [0, 0.1) is 0 Å². The van der Waals surface area contributed by atoms with Gasteiger partial charge in [0.2, 0.25) is 0 Å². The van der Waals surface area contributed by atoms with Crippen LogP contribution in [0.1, 0.15) is 17.8 Å². The summed E-state index contributed by atoms with van der Waals surface area (Å²) in [7, 11) is 0. The van der Waals surface area contributed by atoms with E-state index < -0.39 is 0 Å². The van der Waals surface area contributed by atoms with Crippen molar-refractivity contribution >= 4 is 33.0 Å². The molecule has 0 radical (unpaired) electrons. The third kappa shape index (κ3) is 2.76. The van der Waals surface area contributed by atoms with Crippen molar-refractivity contribution in [3.05, 3.63) is 39.5 Å². The molecule has 1 atom stereocenters. The van der Waals surface area contributed by atoms with Gasteiger partial charge in [-0.2, -0.15) is 0 Å². The van der Waals surface area contributed by atoms with E-state index in [0.29, 0.717) is 0 Å². The Bertz CT molecular complexity index is 430. The second kappa shape index (κ2) is 4.72. The highest BCUT2D eigenvalue weighted by Crippen LogP contribution is 2.22. The SMILES string of the molecule is CC(Nc1cncc(Br)c1)c1cncs1. The molecule has 0 bridgehead atoms. The van der Waals surface area contributed by atoms with Crippen LogP contribution < -0.4 is 5.32 Å². The van der Waals surface area contributed by atoms with Gasteiger partial charge in [0, 0.05) is 21.7 Å². The van der Waals surface area contributed by atoms with Crippen molar-refractivity contribution in [2.75, 3.05) is 5.32 Å². The van der Waals surface area contributed by atoms with Crippen LogP contribution in [0.3, 0.4) is 0 Å². The van der Waals surface area contributed by atoms with Gasteiger partial charge in [-0.3, -0.25) is 9.97 Å². The lowest BCUT2D eigenvalue weighted by Gasteiger charge is -2.12. The molecule has 0 saturated carbocycles. The first kappa shape index (κ1) is 10.6. The molecule has 3 nitrogen and oxygen atoms in total. The number of hydrogen-bond acceptors (Lipinski definition) is 4. The lowest BCUT2D eigenvalue weighted by molar-refractivity contribution is 0.901. The van der Waals surface area contributed by atoms with Crippen molar-refractivity contribution in [2.45, 2.75) is 13.0 Å². The first-order valence-electron chi connectivity index (χ1n) is 4.51. The molecular weight excluding hydrogens is 274 g/mol. The van der Waals surface area contributed by atoms with Crippen molar-refractivity contribution in [1.82, 2.24) is 9.97 Å². The summed E-state index contributed by atoms with van der Waals surface area (Å²) >= 11 is 5.04. The van der Waals surface area contributed by atoms with E-state index in [4.69, 9.17) is 0 Å². The summed E-state index contributed by atoms with van der Waals surface area (Å²) in [4.78, 5) is 9.37. The van der Waals surface area contributed by atoms with Crippen LogP contribution >= 0.6 is 27.3 Å². The first-order chi connectivity index (χ1) is 7.25. The van der Waals surface area contributed by atoms with Crippen molar-refractivity contribution in [3.63, 3.8) is 0 Å². The van der Waals surface area contributed by atoms with Crippen LogP contribution in [0.4, 0.5) is 5.69 Å². The Morgan fingerprint density at radius 2 is 2.20 bits per heavy atom. The number of aromatic nitrogens is 2. The van der Waals surface area contributed by atoms with E-state index in [1.54, 1.807) is 17.5 Å². The summed E-state index contributed by atoms with van der Waals surface area (Å²) < 4.78 is 0.976. The molecule has 1 N–H and O–H groups in total. The Labute approximate surface area is 101 Å². The molecule has 0 aliphatic heterocycles. The van der Waals surface area contributed by atoms with Gasteiger partial charge in [0.25, 0.3) is 0 Å². The van der Waals surface area contributed by atoms with E-state index >= 15 is 0 Å². The van der Waals surface area contributed by atoms with Crippen LogP contribution in [-0.2, 0) is 0 Å². The maximum atomic E-state index is 4.10.